The molecule has 1 amide bonds. The lowest BCUT2D eigenvalue weighted by Crippen LogP contribution is -2.49. The lowest BCUT2D eigenvalue weighted by molar-refractivity contribution is -0.134. The molecule has 0 spiro atoms. The summed E-state index contributed by atoms with van der Waals surface area (Å²) in [5.41, 5.74) is 2.06. The second-order valence-electron chi connectivity index (χ2n) is 8.60. The third kappa shape index (κ3) is 4.95. The minimum absolute atomic E-state index is 0.0583. The molecule has 4 heterocycles. The summed E-state index contributed by atoms with van der Waals surface area (Å²) in [6.45, 7) is 8.59. The number of benzene rings is 1. The highest BCUT2D eigenvalue weighted by Crippen LogP contribution is 2.28. The Morgan fingerprint density at radius 3 is 2.78 bits per heavy atom. The molecule has 0 saturated carbocycles. The highest BCUT2D eigenvalue weighted by molar-refractivity contribution is 5.86. The van der Waals surface area contributed by atoms with Gasteiger partial charge in [-0.2, -0.15) is 0 Å². The van der Waals surface area contributed by atoms with Gasteiger partial charge in [0.15, 0.2) is 0 Å². The number of ether oxygens (including phenoxy) is 3. The molecule has 1 aromatic heterocycles. The Labute approximate surface area is 188 Å². The van der Waals surface area contributed by atoms with Gasteiger partial charge in [-0.1, -0.05) is 0 Å². The number of hydrogen-bond donors (Lipinski definition) is 0. The summed E-state index contributed by atoms with van der Waals surface area (Å²) in [7, 11) is 0. The van der Waals surface area contributed by atoms with Gasteiger partial charge in [0.25, 0.3) is 0 Å². The first kappa shape index (κ1) is 21.4. The number of fused-ring (bicyclic) bond motifs is 1. The summed E-state index contributed by atoms with van der Waals surface area (Å²) in [5, 5.41) is 0.946. The monoisotopic (exact) mass is 441 g/mol. The van der Waals surface area contributed by atoms with Gasteiger partial charge in [0.2, 0.25) is 11.8 Å². The Balaban J connectivity index is 1.19. The summed E-state index contributed by atoms with van der Waals surface area (Å²) in [4.78, 5) is 27.7. The van der Waals surface area contributed by atoms with Gasteiger partial charge in [-0.15, -0.1) is 0 Å². The predicted octanol–water partition coefficient (Wildman–Crippen LogP) is 1.17. The van der Waals surface area contributed by atoms with E-state index in [4.69, 9.17) is 14.2 Å². The summed E-state index contributed by atoms with van der Waals surface area (Å²) in [6.07, 6.45) is 3.43. The molecule has 2 aromatic rings. The van der Waals surface area contributed by atoms with Crippen LogP contribution < -0.4 is 9.64 Å². The van der Waals surface area contributed by atoms with Crippen molar-refractivity contribution in [1.82, 2.24) is 19.8 Å². The van der Waals surface area contributed by atoms with Crippen molar-refractivity contribution in [3.63, 3.8) is 0 Å². The molecule has 0 radical (unpaired) electrons. The number of hydrogen-bond acceptors (Lipinski definition) is 8. The molecule has 1 unspecified atom stereocenters. The van der Waals surface area contributed by atoms with E-state index in [9.17, 15) is 4.79 Å². The fourth-order valence-corrected chi connectivity index (χ4v) is 4.54. The Bertz CT molecular complexity index is 928. The van der Waals surface area contributed by atoms with E-state index in [1.807, 2.05) is 11.0 Å². The maximum atomic E-state index is 12.1. The molecule has 0 bridgehead atoms. The standard InChI is InChI=1S/C23H31N5O4/c29-22-16-30-12-1-5-28(22)11-8-26-6-9-27(10-7-26)18-2-3-21-20(14-18)23(25-17-24-21)32-19-4-13-31-15-19/h2-3,14,17,19H,1,4-13,15-16H2. The van der Waals surface area contributed by atoms with Crippen LogP contribution in [0.4, 0.5) is 5.69 Å². The zero-order chi connectivity index (χ0) is 21.8. The molecule has 3 saturated heterocycles. The average molecular weight is 442 g/mol. The van der Waals surface area contributed by atoms with Crippen LogP contribution in [-0.4, -0.2) is 104 Å². The summed E-state index contributed by atoms with van der Waals surface area (Å²) >= 11 is 0. The third-order valence-electron chi connectivity index (χ3n) is 6.47. The van der Waals surface area contributed by atoms with Crippen LogP contribution in [0.2, 0.25) is 0 Å². The maximum Gasteiger partial charge on any atom is 0.248 e. The summed E-state index contributed by atoms with van der Waals surface area (Å²) in [6, 6.07) is 6.32. The largest absolute Gasteiger partial charge is 0.471 e. The molecule has 0 aliphatic carbocycles. The number of amides is 1. The van der Waals surface area contributed by atoms with Crippen molar-refractivity contribution in [3.05, 3.63) is 24.5 Å². The van der Waals surface area contributed by atoms with Crippen molar-refractivity contribution in [2.45, 2.75) is 18.9 Å². The molecule has 1 aromatic carbocycles. The molecule has 0 N–H and O–H groups in total. The van der Waals surface area contributed by atoms with Gasteiger partial charge >= 0.3 is 0 Å². The molecule has 3 aliphatic heterocycles. The van der Waals surface area contributed by atoms with Crippen LogP contribution in [0.15, 0.2) is 24.5 Å². The van der Waals surface area contributed by atoms with Gasteiger partial charge in [-0.05, 0) is 24.6 Å². The molecule has 172 valence electrons. The first-order chi connectivity index (χ1) is 15.8. The highest BCUT2D eigenvalue weighted by atomic mass is 16.5. The molecule has 3 fully saturated rings. The number of rotatable bonds is 6. The zero-order valence-electron chi connectivity index (χ0n) is 18.4. The first-order valence-electron chi connectivity index (χ1n) is 11.6. The lowest BCUT2D eigenvalue weighted by atomic mass is 10.2. The fraction of sp³-hybridized carbons (Fsp3) is 0.609. The number of anilines is 1. The van der Waals surface area contributed by atoms with Crippen molar-refractivity contribution in [1.29, 1.82) is 0 Å². The zero-order valence-corrected chi connectivity index (χ0v) is 18.4. The maximum absolute atomic E-state index is 12.1. The van der Waals surface area contributed by atoms with Crippen molar-refractivity contribution in [2.24, 2.45) is 0 Å². The molecule has 3 aliphatic rings. The van der Waals surface area contributed by atoms with E-state index >= 15 is 0 Å². The van der Waals surface area contributed by atoms with E-state index in [1.54, 1.807) is 6.33 Å². The number of nitrogens with zero attached hydrogens (tertiary/aromatic N) is 5. The van der Waals surface area contributed by atoms with E-state index < -0.39 is 0 Å². The molecule has 1 atom stereocenters. The summed E-state index contributed by atoms with van der Waals surface area (Å²) < 4.78 is 16.9. The van der Waals surface area contributed by atoms with Crippen molar-refractivity contribution in [2.75, 3.05) is 77.1 Å². The van der Waals surface area contributed by atoms with Gasteiger partial charge in [-0.25, -0.2) is 9.97 Å². The number of carbonyl (C=O) groups excluding carboxylic acids is 1. The fourth-order valence-electron chi connectivity index (χ4n) is 4.54. The molecule has 9 nitrogen and oxygen atoms in total. The SMILES string of the molecule is O=C1COCCCN1CCN1CCN(c2ccc3ncnc(OC4CCOC4)c3c2)CC1. The van der Waals surface area contributed by atoms with Crippen molar-refractivity contribution >= 4 is 22.5 Å². The van der Waals surface area contributed by atoms with Crippen LogP contribution in [0.1, 0.15) is 12.8 Å². The van der Waals surface area contributed by atoms with Crippen molar-refractivity contribution < 1.29 is 19.0 Å². The lowest BCUT2D eigenvalue weighted by Gasteiger charge is -2.37. The van der Waals surface area contributed by atoms with Crippen LogP contribution in [-0.2, 0) is 14.3 Å². The Hall–Kier alpha value is -2.49. The van der Waals surface area contributed by atoms with E-state index in [-0.39, 0.29) is 18.6 Å². The second-order valence-corrected chi connectivity index (χ2v) is 8.60. The third-order valence-corrected chi connectivity index (χ3v) is 6.47. The molecular formula is C23H31N5O4. The topological polar surface area (TPSA) is 80.3 Å². The van der Waals surface area contributed by atoms with Crippen LogP contribution in [0.25, 0.3) is 10.9 Å². The van der Waals surface area contributed by atoms with Crippen LogP contribution in [0.5, 0.6) is 5.88 Å². The second kappa shape index (κ2) is 9.97. The smallest absolute Gasteiger partial charge is 0.248 e. The minimum atomic E-state index is 0.0583. The summed E-state index contributed by atoms with van der Waals surface area (Å²) in [5.74, 6) is 0.749. The quantitative estimate of drug-likeness (QED) is 0.661. The van der Waals surface area contributed by atoms with E-state index in [1.165, 1.54) is 5.69 Å². The molecule has 32 heavy (non-hydrogen) atoms. The average Bonchev–Trinajstić information content (AvgIpc) is 3.25. The molecular weight excluding hydrogens is 410 g/mol. The van der Waals surface area contributed by atoms with Crippen LogP contribution in [0, 0.1) is 0 Å². The van der Waals surface area contributed by atoms with E-state index in [2.05, 4.69) is 31.9 Å². The number of aromatic nitrogens is 2. The van der Waals surface area contributed by atoms with Crippen LogP contribution >= 0.6 is 0 Å². The molecule has 9 heteroatoms. The minimum Gasteiger partial charge on any atom is -0.471 e. The Morgan fingerprint density at radius 1 is 1.03 bits per heavy atom. The van der Waals surface area contributed by atoms with Gasteiger partial charge in [0.1, 0.15) is 19.0 Å². The van der Waals surface area contributed by atoms with Crippen LogP contribution in [0.3, 0.4) is 0 Å². The van der Waals surface area contributed by atoms with E-state index in [0.29, 0.717) is 19.1 Å². The van der Waals surface area contributed by atoms with Gasteiger partial charge in [-0.3, -0.25) is 9.69 Å². The predicted molar refractivity (Wildman–Crippen MR) is 120 cm³/mol. The first-order valence-corrected chi connectivity index (χ1v) is 11.6. The van der Waals surface area contributed by atoms with Crippen molar-refractivity contribution in [3.8, 4) is 5.88 Å². The Kier molecular flexibility index (Phi) is 6.66. The van der Waals surface area contributed by atoms with Gasteiger partial charge in [0, 0.05) is 64.5 Å². The molecule has 5 rings (SSSR count). The highest BCUT2D eigenvalue weighted by Gasteiger charge is 2.22. The van der Waals surface area contributed by atoms with E-state index in [0.717, 1.165) is 76.2 Å². The number of carbonyl (C=O) groups is 1. The van der Waals surface area contributed by atoms with Gasteiger partial charge in [0.05, 0.1) is 24.1 Å². The Morgan fingerprint density at radius 2 is 1.94 bits per heavy atom. The van der Waals surface area contributed by atoms with Gasteiger partial charge < -0.3 is 24.0 Å². The number of piperazine rings is 1. The normalized spacial score (nSPS) is 23.0.